The molecule has 16 heavy (non-hydrogen) atoms. The first kappa shape index (κ1) is 11.6. The summed E-state index contributed by atoms with van der Waals surface area (Å²) in [7, 11) is 5.35. The first-order valence-corrected chi connectivity index (χ1v) is 5.85. The number of amides is 1. The van der Waals surface area contributed by atoms with Gasteiger partial charge in [-0.3, -0.25) is 14.5 Å². The highest BCUT2D eigenvalue weighted by atomic mass is 16.7. The largest absolute Gasteiger partial charge is 0.300 e. The van der Waals surface area contributed by atoms with Gasteiger partial charge in [-0.2, -0.15) is 0 Å². The summed E-state index contributed by atoms with van der Waals surface area (Å²) < 4.78 is 0. The Kier molecular flexibility index (Phi) is 3.30. The lowest BCUT2D eigenvalue weighted by Crippen LogP contribution is -2.37. The molecule has 2 atom stereocenters. The molecule has 1 amide bonds. The Morgan fingerprint density at radius 1 is 1.44 bits per heavy atom. The van der Waals surface area contributed by atoms with Crippen molar-refractivity contribution in [1.82, 2.24) is 9.96 Å². The molecule has 2 bridgehead atoms. The van der Waals surface area contributed by atoms with Crippen molar-refractivity contribution in [2.45, 2.75) is 37.8 Å². The summed E-state index contributed by atoms with van der Waals surface area (Å²) in [5.74, 6) is -0.0542. The number of carbonyl (C=O) groups is 1. The maximum absolute atomic E-state index is 11.7. The van der Waals surface area contributed by atoms with E-state index in [1.54, 1.807) is 13.1 Å². The van der Waals surface area contributed by atoms with Crippen LogP contribution in [0.4, 0.5) is 0 Å². The topological polar surface area (TPSA) is 32.8 Å². The molecule has 90 valence electrons. The van der Waals surface area contributed by atoms with Gasteiger partial charge in [0.05, 0.1) is 7.11 Å². The molecule has 2 aliphatic rings. The molecule has 0 N–H and O–H groups in total. The Morgan fingerprint density at radius 2 is 2.00 bits per heavy atom. The molecule has 2 saturated heterocycles. The van der Waals surface area contributed by atoms with Gasteiger partial charge in [-0.1, -0.05) is 5.57 Å². The van der Waals surface area contributed by atoms with E-state index in [2.05, 4.69) is 11.9 Å². The minimum absolute atomic E-state index is 0.0542. The smallest absolute Gasteiger partial charge is 0.269 e. The molecule has 4 heteroatoms. The summed E-state index contributed by atoms with van der Waals surface area (Å²) in [6, 6.07) is 1.29. The van der Waals surface area contributed by atoms with Crippen LogP contribution in [0, 0.1) is 0 Å². The van der Waals surface area contributed by atoms with E-state index in [9.17, 15) is 4.79 Å². The van der Waals surface area contributed by atoms with E-state index < -0.39 is 0 Å². The molecule has 0 aromatic heterocycles. The average molecular weight is 224 g/mol. The van der Waals surface area contributed by atoms with Crippen molar-refractivity contribution >= 4 is 5.91 Å². The van der Waals surface area contributed by atoms with Crippen molar-refractivity contribution in [3.05, 3.63) is 11.6 Å². The van der Waals surface area contributed by atoms with Crippen LogP contribution >= 0.6 is 0 Å². The number of hydrogen-bond donors (Lipinski definition) is 0. The number of hydrogen-bond acceptors (Lipinski definition) is 3. The standard InChI is InChI=1S/C12H20N2O2/c1-13-10-4-5-11(13)7-9(6-10)8-12(15)14(2)16-3/h8,10-11H,4-7H2,1-3H3. The lowest BCUT2D eigenvalue weighted by atomic mass is 9.97. The fourth-order valence-electron chi connectivity index (χ4n) is 2.74. The highest BCUT2D eigenvalue weighted by Gasteiger charge is 2.35. The SMILES string of the molecule is CON(C)C(=O)C=C1CC2CCC(C1)N2C. The zero-order chi connectivity index (χ0) is 11.7. The van der Waals surface area contributed by atoms with E-state index in [4.69, 9.17) is 4.84 Å². The van der Waals surface area contributed by atoms with Crippen LogP contribution in [-0.2, 0) is 9.63 Å². The summed E-state index contributed by atoms with van der Waals surface area (Å²) in [5, 5.41) is 1.27. The third-order valence-corrected chi connectivity index (χ3v) is 3.89. The molecular formula is C12H20N2O2. The molecule has 0 aliphatic carbocycles. The second-order valence-electron chi connectivity index (χ2n) is 4.78. The Hall–Kier alpha value is -0.870. The minimum Gasteiger partial charge on any atom is -0.300 e. The number of hydroxylamine groups is 2. The highest BCUT2D eigenvalue weighted by molar-refractivity contribution is 5.87. The molecule has 2 rings (SSSR count). The minimum atomic E-state index is -0.0542. The van der Waals surface area contributed by atoms with Gasteiger partial charge in [0.15, 0.2) is 0 Å². The lowest BCUT2D eigenvalue weighted by Gasteiger charge is -2.32. The predicted octanol–water partition coefficient (Wildman–Crippen LogP) is 1.19. The van der Waals surface area contributed by atoms with Gasteiger partial charge in [-0.15, -0.1) is 0 Å². The molecule has 0 aromatic carbocycles. The van der Waals surface area contributed by atoms with E-state index in [0.717, 1.165) is 12.8 Å². The molecular weight excluding hydrogens is 204 g/mol. The predicted molar refractivity (Wildman–Crippen MR) is 61.7 cm³/mol. The fourth-order valence-corrected chi connectivity index (χ4v) is 2.74. The molecule has 2 unspecified atom stereocenters. The number of fused-ring (bicyclic) bond motifs is 2. The van der Waals surface area contributed by atoms with Crippen LogP contribution in [0.2, 0.25) is 0 Å². The maximum atomic E-state index is 11.7. The molecule has 0 spiro atoms. The average Bonchev–Trinajstić information content (AvgIpc) is 2.52. The van der Waals surface area contributed by atoms with Crippen molar-refractivity contribution in [1.29, 1.82) is 0 Å². The van der Waals surface area contributed by atoms with Gasteiger partial charge in [-0.25, -0.2) is 5.06 Å². The summed E-state index contributed by atoms with van der Waals surface area (Å²) in [5.41, 5.74) is 1.28. The summed E-state index contributed by atoms with van der Waals surface area (Å²) in [6.45, 7) is 0. The maximum Gasteiger partial charge on any atom is 0.269 e. The normalized spacial score (nSPS) is 29.3. The second-order valence-corrected chi connectivity index (χ2v) is 4.78. The molecule has 0 radical (unpaired) electrons. The first-order valence-electron chi connectivity index (χ1n) is 5.85. The highest BCUT2D eigenvalue weighted by Crippen LogP contribution is 2.36. The number of carbonyl (C=O) groups excluding carboxylic acids is 1. The Balaban J connectivity index is 2.02. The van der Waals surface area contributed by atoms with Crippen LogP contribution in [0.3, 0.4) is 0 Å². The van der Waals surface area contributed by atoms with Crippen LogP contribution in [0.25, 0.3) is 0 Å². The Morgan fingerprint density at radius 3 is 2.50 bits per heavy atom. The molecule has 2 fully saturated rings. The van der Waals surface area contributed by atoms with Gasteiger partial charge in [0.2, 0.25) is 0 Å². The zero-order valence-corrected chi connectivity index (χ0v) is 10.3. The van der Waals surface area contributed by atoms with Crippen molar-refractivity contribution < 1.29 is 9.63 Å². The van der Waals surface area contributed by atoms with E-state index >= 15 is 0 Å². The van der Waals surface area contributed by atoms with E-state index in [-0.39, 0.29) is 5.91 Å². The quantitative estimate of drug-likeness (QED) is 0.522. The summed E-state index contributed by atoms with van der Waals surface area (Å²) >= 11 is 0. The van der Waals surface area contributed by atoms with Gasteiger partial charge in [-0.05, 0) is 32.7 Å². The third-order valence-electron chi connectivity index (χ3n) is 3.89. The van der Waals surface area contributed by atoms with Crippen LogP contribution < -0.4 is 0 Å². The van der Waals surface area contributed by atoms with Crippen LogP contribution in [-0.4, -0.2) is 49.2 Å². The Bertz CT molecular complexity index is 298. The molecule has 2 heterocycles. The van der Waals surface area contributed by atoms with Crippen LogP contribution in [0.15, 0.2) is 11.6 Å². The van der Waals surface area contributed by atoms with Crippen LogP contribution in [0.1, 0.15) is 25.7 Å². The van der Waals surface area contributed by atoms with Gasteiger partial charge in [0, 0.05) is 25.2 Å². The first-order chi connectivity index (χ1) is 7.61. The van der Waals surface area contributed by atoms with E-state index in [0.29, 0.717) is 12.1 Å². The van der Waals surface area contributed by atoms with Gasteiger partial charge < -0.3 is 0 Å². The van der Waals surface area contributed by atoms with E-state index in [1.165, 1.54) is 30.6 Å². The molecule has 0 aromatic rings. The van der Waals surface area contributed by atoms with Gasteiger partial charge >= 0.3 is 0 Å². The fraction of sp³-hybridized carbons (Fsp3) is 0.750. The van der Waals surface area contributed by atoms with Crippen LogP contribution in [0.5, 0.6) is 0 Å². The molecule has 4 nitrogen and oxygen atoms in total. The van der Waals surface area contributed by atoms with Crippen molar-refractivity contribution in [3.63, 3.8) is 0 Å². The van der Waals surface area contributed by atoms with Crippen molar-refractivity contribution in [3.8, 4) is 0 Å². The third kappa shape index (κ3) is 2.13. The summed E-state index contributed by atoms with van der Waals surface area (Å²) in [4.78, 5) is 19.0. The summed E-state index contributed by atoms with van der Waals surface area (Å²) in [6.07, 6.45) is 6.37. The number of rotatable bonds is 2. The lowest BCUT2D eigenvalue weighted by molar-refractivity contribution is -0.162. The Labute approximate surface area is 96.8 Å². The van der Waals surface area contributed by atoms with E-state index in [1.807, 2.05) is 0 Å². The second kappa shape index (κ2) is 4.55. The van der Waals surface area contributed by atoms with Gasteiger partial charge in [0.25, 0.3) is 5.91 Å². The van der Waals surface area contributed by atoms with Crippen molar-refractivity contribution in [2.75, 3.05) is 21.2 Å². The number of piperidine rings is 1. The molecule has 2 aliphatic heterocycles. The number of likely N-dealkylation sites (N-methyl/N-ethyl adjacent to an activating group) is 1. The van der Waals surface area contributed by atoms with Gasteiger partial charge in [0.1, 0.15) is 0 Å². The van der Waals surface area contributed by atoms with Crippen molar-refractivity contribution in [2.24, 2.45) is 0 Å². The number of nitrogens with zero attached hydrogens (tertiary/aromatic N) is 2. The monoisotopic (exact) mass is 224 g/mol. The zero-order valence-electron chi connectivity index (χ0n) is 10.3. The molecule has 0 saturated carbocycles.